The van der Waals surface area contributed by atoms with Gasteiger partial charge in [0.05, 0.1) is 12.0 Å². The zero-order valence-corrected chi connectivity index (χ0v) is 8.02. The fourth-order valence-electron chi connectivity index (χ4n) is 1.33. The molecule has 0 unspecified atom stereocenters. The number of rotatable bonds is 3. The number of hydrogen-bond acceptors (Lipinski definition) is 3. The minimum Gasteiger partial charge on any atom is -0.508 e. The molecule has 5 nitrogen and oxygen atoms in total. The van der Waals surface area contributed by atoms with Crippen LogP contribution in [0.3, 0.4) is 0 Å². The van der Waals surface area contributed by atoms with Gasteiger partial charge in [0, 0.05) is 5.56 Å². The van der Waals surface area contributed by atoms with Gasteiger partial charge in [0.25, 0.3) is 0 Å². The van der Waals surface area contributed by atoms with Crippen LogP contribution in [0.2, 0.25) is 0 Å². The first-order valence-electron chi connectivity index (χ1n) is 4.19. The van der Waals surface area contributed by atoms with Gasteiger partial charge in [-0.15, -0.1) is 0 Å². The van der Waals surface area contributed by atoms with Gasteiger partial charge in [-0.25, -0.2) is 4.79 Å². The highest BCUT2D eigenvalue weighted by molar-refractivity contribution is 5.92. The second kappa shape index (κ2) is 4.00. The molecule has 0 spiro atoms. The largest absolute Gasteiger partial charge is 0.508 e. The lowest BCUT2D eigenvalue weighted by Gasteiger charge is -2.07. The molecule has 1 aromatic carbocycles. The highest BCUT2D eigenvalue weighted by atomic mass is 16.4. The number of carbonyl (C=O) groups is 2. The van der Waals surface area contributed by atoms with Gasteiger partial charge in [0.1, 0.15) is 5.75 Å². The van der Waals surface area contributed by atoms with Gasteiger partial charge in [0.2, 0.25) is 0 Å². The summed E-state index contributed by atoms with van der Waals surface area (Å²) >= 11 is 0. The van der Waals surface area contributed by atoms with Crippen LogP contribution in [0, 0.1) is 6.92 Å². The van der Waals surface area contributed by atoms with Gasteiger partial charge in [-0.3, -0.25) is 4.79 Å². The Labute approximate surface area is 85.6 Å². The van der Waals surface area contributed by atoms with Crippen LogP contribution in [0.4, 0.5) is 0 Å². The van der Waals surface area contributed by atoms with E-state index in [-0.39, 0.29) is 16.9 Å². The predicted molar refractivity (Wildman–Crippen MR) is 51.1 cm³/mol. The first-order valence-corrected chi connectivity index (χ1v) is 4.19. The van der Waals surface area contributed by atoms with Crippen LogP contribution in [0.15, 0.2) is 12.1 Å². The highest BCUT2D eigenvalue weighted by Gasteiger charge is 2.17. The summed E-state index contributed by atoms with van der Waals surface area (Å²) in [7, 11) is 0. The first-order chi connectivity index (χ1) is 6.91. The third-order valence-electron chi connectivity index (χ3n) is 1.93. The van der Waals surface area contributed by atoms with Crippen LogP contribution in [0.25, 0.3) is 0 Å². The fourth-order valence-corrected chi connectivity index (χ4v) is 1.33. The van der Waals surface area contributed by atoms with E-state index in [0.29, 0.717) is 5.56 Å². The van der Waals surface area contributed by atoms with Crippen LogP contribution in [-0.4, -0.2) is 27.3 Å². The Kier molecular flexibility index (Phi) is 2.94. The number of aromatic hydroxyl groups is 1. The molecule has 0 saturated heterocycles. The minimum atomic E-state index is -1.25. The number of carboxylic acid groups (broad SMARTS) is 2. The molecule has 0 aliphatic heterocycles. The van der Waals surface area contributed by atoms with Crippen LogP contribution < -0.4 is 0 Å². The number of phenolic OH excluding ortho intramolecular Hbond substituents is 1. The summed E-state index contributed by atoms with van der Waals surface area (Å²) in [6.45, 7) is 1.62. The molecule has 0 bridgehead atoms. The average molecular weight is 210 g/mol. The molecule has 0 aliphatic carbocycles. The second-order valence-electron chi connectivity index (χ2n) is 3.19. The van der Waals surface area contributed by atoms with E-state index >= 15 is 0 Å². The molecular weight excluding hydrogens is 200 g/mol. The smallest absolute Gasteiger partial charge is 0.336 e. The molecule has 0 saturated carbocycles. The molecule has 0 atom stereocenters. The number of carboxylic acids is 2. The van der Waals surface area contributed by atoms with Gasteiger partial charge in [-0.05, 0) is 24.6 Å². The van der Waals surface area contributed by atoms with E-state index in [2.05, 4.69) is 0 Å². The molecular formula is C10H10O5. The van der Waals surface area contributed by atoms with E-state index in [1.165, 1.54) is 12.1 Å². The molecule has 5 heteroatoms. The monoisotopic (exact) mass is 210 g/mol. The molecule has 80 valence electrons. The normalized spacial score (nSPS) is 9.93. The Balaban J connectivity index is 3.33. The van der Waals surface area contributed by atoms with Gasteiger partial charge in [-0.1, -0.05) is 0 Å². The van der Waals surface area contributed by atoms with E-state index < -0.39 is 18.4 Å². The van der Waals surface area contributed by atoms with Crippen LogP contribution in [0.1, 0.15) is 21.5 Å². The van der Waals surface area contributed by atoms with Gasteiger partial charge in [-0.2, -0.15) is 0 Å². The molecule has 1 rings (SSSR count). The summed E-state index contributed by atoms with van der Waals surface area (Å²) in [5, 5.41) is 26.8. The Morgan fingerprint density at radius 2 is 1.87 bits per heavy atom. The Hall–Kier alpha value is -2.04. The Bertz CT molecular complexity index is 422. The third kappa shape index (κ3) is 2.46. The predicted octanol–water partition coefficient (Wildman–Crippen LogP) is 1.03. The molecule has 3 N–H and O–H groups in total. The van der Waals surface area contributed by atoms with Gasteiger partial charge in [0.15, 0.2) is 0 Å². The number of aryl methyl sites for hydroxylation is 1. The summed E-state index contributed by atoms with van der Waals surface area (Å²) in [5.41, 5.74) is 0.328. The fraction of sp³-hybridized carbons (Fsp3) is 0.200. The number of aliphatic carboxylic acids is 1. The van der Waals surface area contributed by atoms with Crippen molar-refractivity contribution < 1.29 is 24.9 Å². The summed E-state index contributed by atoms with van der Waals surface area (Å²) < 4.78 is 0. The van der Waals surface area contributed by atoms with Crippen molar-refractivity contribution in [1.29, 1.82) is 0 Å². The quantitative estimate of drug-likeness (QED) is 0.692. The maximum atomic E-state index is 10.8. The maximum Gasteiger partial charge on any atom is 0.336 e. The van der Waals surface area contributed by atoms with Gasteiger partial charge >= 0.3 is 11.9 Å². The van der Waals surface area contributed by atoms with E-state index in [1.54, 1.807) is 6.92 Å². The Morgan fingerprint density at radius 1 is 1.27 bits per heavy atom. The van der Waals surface area contributed by atoms with Crippen LogP contribution >= 0.6 is 0 Å². The second-order valence-corrected chi connectivity index (χ2v) is 3.19. The molecule has 0 heterocycles. The van der Waals surface area contributed by atoms with Crippen molar-refractivity contribution in [3.63, 3.8) is 0 Å². The summed E-state index contributed by atoms with van der Waals surface area (Å²) in [5.74, 6) is -2.73. The van der Waals surface area contributed by atoms with Crippen molar-refractivity contribution in [3.8, 4) is 5.75 Å². The summed E-state index contributed by atoms with van der Waals surface area (Å²) in [6, 6.07) is 2.67. The van der Waals surface area contributed by atoms with E-state index in [4.69, 9.17) is 10.2 Å². The molecule has 0 fully saturated rings. The third-order valence-corrected chi connectivity index (χ3v) is 1.93. The molecule has 0 amide bonds. The number of aromatic carboxylic acids is 1. The van der Waals surface area contributed by atoms with Crippen molar-refractivity contribution in [1.82, 2.24) is 0 Å². The zero-order chi connectivity index (χ0) is 11.6. The molecule has 0 aromatic heterocycles. The lowest BCUT2D eigenvalue weighted by atomic mass is 10.0. The zero-order valence-electron chi connectivity index (χ0n) is 8.02. The molecule has 1 aromatic rings. The average Bonchev–Trinajstić information content (AvgIpc) is 2.08. The van der Waals surface area contributed by atoms with Crippen molar-refractivity contribution in [2.75, 3.05) is 0 Å². The van der Waals surface area contributed by atoms with E-state index in [0.717, 1.165) is 0 Å². The first kappa shape index (κ1) is 11.0. The topological polar surface area (TPSA) is 94.8 Å². The minimum absolute atomic E-state index is 0.0689. The molecule has 0 radical (unpaired) electrons. The van der Waals surface area contributed by atoms with Crippen molar-refractivity contribution >= 4 is 11.9 Å². The standard InChI is InChI=1S/C10H10O5/c1-5-2-7(10(14)15)6(4-9(12)13)8(11)3-5/h2-3,11H,4H2,1H3,(H,12,13)(H,14,15). The number of hydrogen-bond donors (Lipinski definition) is 3. The van der Waals surface area contributed by atoms with E-state index in [1.807, 2.05) is 0 Å². The summed E-state index contributed by atoms with van der Waals surface area (Å²) in [4.78, 5) is 21.3. The van der Waals surface area contributed by atoms with Crippen LogP contribution in [0.5, 0.6) is 5.75 Å². The maximum absolute atomic E-state index is 10.8. The summed E-state index contributed by atoms with van der Waals surface area (Å²) in [6.07, 6.45) is -0.506. The Morgan fingerprint density at radius 3 is 2.33 bits per heavy atom. The van der Waals surface area contributed by atoms with Crippen LogP contribution in [-0.2, 0) is 11.2 Å². The van der Waals surface area contributed by atoms with Crippen molar-refractivity contribution in [3.05, 3.63) is 28.8 Å². The number of phenols is 1. The number of benzene rings is 1. The van der Waals surface area contributed by atoms with E-state index in [9.17, 15) is 14.7 Å². The van der Waals surface area contributed by atoms with Gasteiger partial charge < -0.3 is 15.3 Å². The molecule has 0 aliphatic rings. The SMILES string of the molecule is Cc1cc(O)c(CC(=O)O)c(C(=O)O)c1. The van der Waals surface area contributed by atoms with Crippen molar-refractivity contribution in [2.45, 2.75) is 13.3 Å². The lowest BCUT2D eigenvalue weighted by molar-refractivity contribution is -0.136. The lowest BCUT2D eigenvalue weighted by Crippen LogP contribution is -2.08. The van der Waals surface area contributed by atoms with Crippen molar-refractivity contribution in [2.24, 2.45) is 0 Å². The molecule has 15 heavy (non-hydrogen) atoms. The highest BCUT2D eigenvalue weighted by Crippen LogP contribution is 2.24.